The highest BCUT2D eigenvalue weighted by atomic mass is 16.5. The van der Waals surface area contributed by atoms with Crippen molar-refractivity contribution in [3.05, 3.63) is 65.9 Å². The molecule has 1 atom stereocenters. The molecule has 25 heavy (non-hydrogen) atoms. The average molecular weight is 334 g/mol. The number of ether oxygens (including phenoxy) is 1. The minimum absolute atomic E-state index is 0.0544. The molecule has 1 amide bonds. The third kappa shape index (κ3) is 2.68. The summed E-state index contributed by atoms with van der Waals surface area (Å²) in [5, 5.41) is 1.26. The van der Waals surface area contributed by atoms with E-state index in [-0.39, 0.29) is 5.91 Å². The van der Waals surface area contributed by atoms with Crippen LogP contribution in [0.2, 0.25) is 0 Å². The summed E-state index contributed by atoms with van der Waals surface area (Å²) >= 11 is 0. The molecule has 1 unspecified atom stereocenters. The average Bonchev–Trinajstić information content (AvgIpc) is 3.26. The second-order valence-electron chi connectivity index (χ2n) is 6.62. The number of fused-ring (bicyclic) bond motifs is 1. The monoisotopic (exact) mass is 334 g/mol. The van der Waals surface area contributed by atoms with E-state index in [1.54, 1.807) is 7.11 Å². The fourth-order valence-corrected chi connectivity index (χ4v) is 3.88. The molecule has 0 N–H and O–H groups in total. The largest absolute Gasteiger partial charge is 0.496 e. The lowest BCUT2D eigenvalue weighted by Gasteiger charge is -2.18. The Bertz CT molecular complexity index is 929. The molecule has 1 aromatic heterocycles. The van der Waals surface area contributed by atoms with Gasteiger partial charge < -0.3 is 14.2 Å². The van der Waals surface area contributed by atoms with Crippen LogP contribution in [-0.4, -0.2) is 35.6 Å². The molecule has 3 aromatic rings. The number of likely N-dealkylation sites (tertiary alicyclic amines) is 1. The number of amides is 1. The third-order valence-corrected chi connectivity index (χ3v) is 5.22. The van der Waals surface area contributed by atoms with Gasteiger partial charge in [0.1, 0.15) is 5.75 Å². The Balaban J connectivity index is 1.58. The van der Waals surface area contributed by atoms with Crippen molar-refractivity contribution in [2.24, 2.45) is 7.05 Å². The first-order valence-electron chi connectivity index (χ1n) is 8.65. The fourth-order valence-electron chi connectivity index (χ4n) is 3.88. The summed E-state index contributed by atoms with van der Waals surface area (Å²) in [6, 6.07) is 18.1. The lowest BCUT2D eigenvalue weighted by Crippen LogP contribution is -2.29. The Morgan fingerprint density at radius 2 is 1.88 bits per heavy atom. The van der Waals surface area contributed by atoms with E-state index in [0.29, 0.717) is 17.2 Å². The number of carbonyl (C=O) groups is 1. The van der Waals surface area contributed by atoms with Crippen molar-refractivity contribution < 1.29 is 9.53 Å². The predicted molar refractivity (Wildman–Crippen MR) is 99.2 cm³/mol. The SMILES string of the molecule is COc1ccccc1C(=O)N1CCC(c2cc3ccccc3n2C)C1. The first-order valence-corrected chi connectivity index (χ1v) is 8.65. The van der Waals surface area contributed by atoms with Gasteiger partial charge in [0.2, 0.25) is 0 Å². The van der Waals surface area contributed by atoms with Gasteiger partial charge in [-0.3, -0.25) is 4.79 Å². The number of para-hydroxylation sites is 2. The number of aryl methyl sites for hydroxylation is 1. The summed E-state index contributed by atoms with van der Waals surface area (Å²) in [6.07, 6.45) is 0.991. The van der Waals surface area contributed by atoms with Crippen LogP contribution in [0.1, 0.15) is 28.4 Å². The topological polar surface area (TPSA) is 34.5 Å². The molecule has 4 nitrogen and oxygen atoms in total. The highest BCUT2D eigenvalue weighted by Gasteiger charge is 2.30. The number of rotatable bonds is 3. The molecule has 1 saturated heterocycles. The summed E-state index contributed by atoms with van der Waals surface area (Å²) in [4.78, 5) is 14.8. The van der Waals surface area contributed by atoms with Crippen LogP contribution >= 0.6 is 0 Å². The van der Waals surface area contributed by atoms with Crippen LogP contribution in [0.15, 0.2) is 54.6 Å². The van der Waals surface area contributed by atoms with Crippen molar-refractivity contribution in [2.45, 2.75) is 12.3 Å². The summed E-state index contributed by atoms with van der Waals surface area (Å²) in [5.74, 6) is 1.07. The molecule has 4 heteroatoms. The number of aromatic nitrogens is 1. The molecule has 0 radical (unpaired) electrons. The van der Waals surface area contributed by atoms with Gasteiger partial charge in [-0.1, -0.05) is 30.3 Å². The fraction of sp³-hybridized carbons (Fsp3) is 0.286. The van der Waals surface area contributed by atoms with Gasteiger partial charge in [-0.25, -0.2) is 0 Å². The number of hydrogen-bond donors (Lipinski definition) is 0. The molecule has 2 aromatic carbocycles. The molecular formula is C21H22N2O2. The number of nitrogens with zero attached hydrogens (tertiary/aromatic N) is 2. The maximum Gasteiger partial charge on any atom is 0.257 e. The van der Waals surface area contributed by atoms with Crippen LogP contribution < -0.4 is 4.74 Å². The van der Waals surface area contributed by atoms with Crippen LogP contribution in [0.25, 0.3) is 10.9 Å². The maximum atomic E-state index is 12.9. The van der Waals surface area contributed by atoms with E-state index in [1.807, 2.05) is 29.2 Å². The summed E-state index contributed by atoms with van der Waals surface area (Å²) in [7, 11) is 3.72. The molecule has 1 aliphatic heterocycles. The quantitative estimate of drug-likeness (QED) is 0.730. The van der Waals surface area contributed by atoms with Crippen LogP contribution in [0.5, 0.6) is 5.75 Å². The van der Waals surface area contributed by atoms with Crippen LogP contribution in [0.4, 0.5) is 0 Å². The molecule has 4 rings (SSSR count). The predicted octanol–water partition coefficient (Wildman–Crippen LogP) is 3.82. The molecule has 1 fully saturated rings. The maximum absolute atomic E-state index is 12.9. The highest BCUT2D eigenvalue weighted by Crippen LogP contribution is 2.32. The summed E-state index contributed by atoms with van der Waals surface area (Å²) in [6.45, 7) is 1.53. The van der Waals surface area contributed by atoms with Gasteiger partial charge in [-0.15, -0.1) is 0 Å². The van der Waals surface area contributed by atoms with E-state index in [4.69, 9.17) is 4.74 Å². The van der Waals surface area contributed by atoms with Gasteiger partial charge in [0.25, 0.3) is 5.91 Å². The molecule has 0 aliphatic carbocycles. The zero-order chi connectivity index (χ0) is 17.4. The molecule has 0 spiro atoms. The van der Waals surface area contributed by atoms with E-state index >= 15 is 0 Å². The number of carbonyl (C=O) groups excluding carboxylic acids is 1. The third-order valence-electron chi connectivity index (χ3n) is 5.22. The Labute approximate surface area is 147 Å². The van der Waals surface area contributed by atoms with Crippen molar-refractivity contribution in [3.8, 4) is 5.75 Å². The van der Waals surface area contributed by atoms with Gasteiger partial charge >= 0.3 is 0 Å². The van der Waals surface area contributed by atoms with Crippen molar-refractivity contribution >= 4 is 16.8 Å². The Kier molecular flexibility index (Phi) is 3.96. The number of benzene rings is 2. The minimum Gasteiger partial charge on any atom is -0.496 e. The van der Waals surface area contributed by atoms with Gasteiger partial charge in [-0.05, 0) is 36.1 Å². The normalized spacial score (nSPS) is 17.2. The van der Waals surface area contributed by atoms with Crippen molar-refractivity contribution in [1.29, 1.82) is 0 Å². The molecule has 1 aliphatic rings. The smallest absolute Gasteiger partial charge is 0.257 e. The minimum atomic E-state index is 0.0544. The molecule has 0 bridgehead atoms. The lowest BCUT2D eigenvalue weighted by atomic mass is 10.0. The Morgan fingerprint density at radius 1 is 1.12 bits per heavy atom. The summed E-state index contributed by atoms with van der Waals surface area (Å²) < 4.78 is 7.61. The Morgan fingerprint density at radius 3 is 2.68 bits per heavy atom. The first kappa shape index (κ1) is 15.8. The molecule has 128 valence electrons. The Hall–Kier alpha value is -2.75. The van der Waals surface area contributed by atoms with Crippen LogP contribution in [0.3, 0.4) is 0 Å². The van der Waals surface area contributed by atoms with Crippen molar-refractivity contribution in [3.63, 3.8) is 0 Å². The zero-order valence-corrected chi connectivity index (χ0v) is 14.6. The van der Waals surface area contributed by atoms with Crippen LogP contribution in [0, 0.1) is 0 Å². The molecular weight excluding hydrogens is 312 g/mol. The van der Waals surface area contributed by atoms with Crippen molar-refractivity contribution in [2.75, 3.05) is 20.2 Å². The first-order chi connectivity index (χ1) is 12.2. The highest BCUT2D eigenvalue weighted by molar-refractivity contribution is 5.97. The van der Waals surface area contributed by atoms with Gasteiger partial charge in [-0.2, -0.15) is 0 Å². The molecule has 2 heterocycles. The second-order valence-corrected chi connectivity index (χ2v) is 6.62. The summed E-state index contributed by atoms with van der Waals surface area (Å²) in [5.41, 5.74) is 3.19. The number of methoxy groups -OCH3 is 1. The van der Waals surface area contributed by atoms with E-state index < -0.39 is 0 Å². The van der Waals surface area contributed by atoms with E-state index in [2.05, 4.69) is 41.9 Å². The second kappa shape index (κ2) is 6.28. The van der Waals surface area contributed by atoms with Gasteiger partial charge in [0, 0.05) is 37.3 Å². The van der Waals surface area contributed by atoms with Crippen molar-refractivity contribution in [1.82, 2.24) is 9.47 Å². The standard InChI is InChI=1S/C21H22N2O2/c1-22-18-9-5-3-7-15(18)13-19(22)16-11-12-23(14-16)21(24)17-8-4-6-10-20(17)25-2/h3-10,13,16H,11-12,14H2,1-2H3. The van der Waals surface area contributed by atoms with E-state index in [0.717, 1.165) is 19.5 Å². The van der Waals surface area contributed by atoms with E-state index in [1.165, 1.54) is 16.6 Å². The molecule has 0 saturated carbocycles. The van der Waals surface area contributed by atoms with Crippen LogP contribution in [-0.2, 0) is 7.05 Å². The van der Waals surface area contributed by atoms with Gasteiger partial charge in [0.05, 0.1) is 12.7 Å². The zero-order valence-electron chi connectivity index (χ0n) is 14.6. The van der Waals surface area contributed by atoms with Gasteiger partial charge in [0.15, 0.2) is 0 Å². The number of hydrogen-bond acceptors (Lipinski definition) is 2. The van der Waals surface area contributed by atoms with E-state index in [9.17, 15) is 4.79 Å². The lowest BCUT2D eigenvalue weighted by molar-refractivity contribution is 0.0787.